The first-order valence-corrected chi connectivity index (χ1v) is 14.6. The Bertz CT molecular complexity index is 2080. The van der Waals surface area contributed by atoms with Gasteiger partial charge >= 0.3 is 12.0 Å². The number of fused-ring (bicyclic) bond motifs is 2. The Morgan fingerprint density at radius 3 is 2.61 bits per heavy atom. The lowest BCUT2D eigenvalue weighted by molar-refractivity contribution is -0.409. The molecule has 0 bridgehead atoms. The number of pyridine rings is 2. The second-order valence-electron chi connectivity index (χ2n) is 11.1. The smallest absolute Gasteiger partial charge is 0.414 e. The molecule has 0 radical (unpaired) electrons. The molecule has 2 amide bonds. The second-order valence-corrected chi connectivity index (χ2v) is 11.5. The monoisotopic (exact) mass is 647 g/mol. The maximum Gasteiger partial charge on any atom is 0.532 e. The molecule has 7 rings (SSSR count). The molecule has 1 saturated carbocycles. The van der Waals surface area contributed by atoms with E-state index < -0.39 is 29.8 Å². The van der Waals surface area contributed by atoms with E-state index in [1.165, 1.54) is 42.9 Å². The first kappa shape index (κ1) is 29.5. The number of carbonyl (C=O) groups excluding carboxylic acids is 2. The Labute approximate surface area is 263 Å². The van der Waals surface area contributed by atoms with Crippen molar-refractivity contribution in [2.75, 3.05) is 0 Å². The average Bonchev–Trinajstić information content (AvgIpc) is 3.74. The number of carbonyl (C=O) groups is 2. The number of hydrogen-bond donors (Lipinski definition) is 1. The number of nitrogens with zero attached hydrogens (tertiary/aromatic N) is 7. The zero-order valence-electron chi connectivity index (χ0n) is 24.0. The van der Waals surface area contributed by atoms with E-state index in [2.05, 4.69) is 20.1 Å². The summed E-state index contributed by atoms with van der Waals surface area (Å²) in [6, 6.07) is 6.63. The Balaban J connectivity index is 1.42. The molecular weight excluding hydrogens is 625 g/mol. The minimum absolute atomic E-state index is 0.00550. The molecule has 1 atom stereocenters. The fourth-order valence-electron chi connectivity index (χ4n) is 5.47. The van der Waals surface area contributed by atoms with Crippen molar-refractivity contribution in [1.29, 1.82) is 0 Å². The van der Waals surface area contributed by atoms with Crippen LogP contribution >= 0.6 is 11.6 Å². The molecule has 4 aromatic heterocycles. The molecular formula is C31H23ClF3N8O3+. The quantitative estimate of drug-likeness (QED) is 0.243. The van der Waals surface area contributed by atoms with Crippen molar-refractivity contribution < 1.29 is 32.1 Å². The molecule has 2 aliphatic rings. The highest BCUT2D eigenvalue weighted by atomic mass is 35.5. The van der Waals surface area contributed by atoms with Crippen LogP contribution in [0.4, 0.5) is 18.9 Å². The van der Waals surface area contributed by atoms with Gasteiger partial charge in [-0.15, -0.1) is 4.58 Å². The molecule has 1 aliphatic carbocycles. The molecule has 15 heteroatoms. The highest BCUT2D eigenvalue weighted by molar-refractivity contribution is 6.30. The molecule has 11 nitrogen and oxygen atoms in total. The van der Waals surface area contributed by atoms with Crippen molar-refractivity contribution in [2.24, 2.45) is 11.7 Å². The zero-order valence-corrected chi connectivity index (χ0v) is 24.7. The summed E-state index contributed by atoms with van der Waals surface area (Å²) in [5.74, 6) is -2.97. The van der Waals surface area contributed by atoms with Gasteiger partial charge < -0.3 is 10.5 Å². The maximum absolute atomic E-state index is 15.0. The van der Waals surface area contributed by atoms with Gasteiger partial charge in [-0.1, -0.05) is 11.6 Å². The van der Waals surface area contributed by atoms with Crippen LogP contribution in [0.15, 0.2) is 55.1 Å². The summed E-state index contributed by atoms with van der Waals surface area (Å²) in [6.45, 7) is 1.82. The zero-order chi connectivity index (χ0) is 32.3. The van der Waals surface area contributed by atoms with Crippen LogP contribution < -0.4 is 10.5 Å². The third-order valence-electron chi connectivity index (χ3n) is 7.89. The molecule has 0 saturated heterocycles. The molecule has 5 heterocycles. The Kier molecular flexibility index (Phi) is 7.03. The third kappa shape index (κ3) is 5.23. The lowest BCUT2D eigenvalue weighted by Gasteiger charge is -2.21. The molecule has 1 aromatic carbocycles. The van der Waals surface area contributed by atoms with Crippen LogP contribution in [0, 0.1) is 11.7 Å². The summed E-state index contributed by atoms with van der Waals surface area (Å²) in [4.78, 5) is 42.7. The second kappa shape index (κ2) is 11.0. The van der Waals surface area contributed by atoms with E-state index in [9.17, 15) is 22.8 Å². The van der Waals surface area contributed by atoms with E-state index in [1.807, 2.05) is 6.92 Å². The van der Waals surface area contributed by atoms with Crippen molar-refractivity contribution in [3.63, 3.8) is 0 Å². The number of primary amides is 1. The third-order valence-corrected chi connectivity index (χ3v) is 8.08. The number of rotatable bonds is 7. The van der Waals surface area contributed by atoms with E-state index in [-0.39, 0.29) is 27.8 Å². The first-order valence-electron chi connectivity index (χ1n) is 14.2. The highest BCUT2D eigenvalue weighted by Crippen LogP contribution is 2.44. The van der Waals surface area contributed by atoms with Crippen LogP contribution in [0.2, 0.25) is 5.02 Å². The van der Waals surface area contributed by atoms with Gasteiger partial charge in [-0.25, -0.2) is 28.8 Å². The SMILES string of the molecule is CC(c1ccc(F)cn1)n1ncc2c(-c3ccc4c(c3)OC(F)(F)C(=O)[N+]4=Cc3ncc(Cl)cn3)c(C(N)=O)c(CC3CC3)nc21. The van der Waals surface area contributed by atoms with Gasteiger partial charge in [0, 0.05) is 29.4 Å². The lowest BCUT2D eigenvalue weighted by Crippen LogP contribution is -2.45. The van der Waals surface area contributed by atoms with E-state index in [0.717, 1.165) is 25.3 Å². The van der Waals surface area contributed by atoms with Crippen LogP contribution in [0.5, 0.6) is 5.75 Å². The highest BCUT2D eigenvalue weighted by Gasteiger charge is 2.57. The van der Waals surface area contributed by atoms with Gasteiger partial charge in [0.1, 0.15) is 5.82 Å². The largest absolute Gasteiger partial charge is 0.532 e. The van der Waals surface area contributed by atoms with Crippen molar-refractivity contribution in [3.05, 3.63) is 88.7 Å². The number of aromatic nitrogens is 6. The Hall–Kier alpha value is -5.24. The number of alkyl halides is 2. The molecule has 0 spiro atoms. The fourth-order valence-corrected chi connectivity index (χ4v) is 5.57. The van der Waals surface area contributed by atoms with Crippen LogP contribution in [0.1, 0.15) is 53.4 Å². The Morgan fingerprint density at radius 1 is 1.17 bits per heavy atom. The van der Waals surface area contributed by atoms with Gasteiger partial charge in [-0.3, -0.25) is 9.78 Å². The average molecular weight is 648 g/mol. The van der Waals surface area contributed by atoms with Crippen LogP contribution in [-0.4, -0.2) is 58.4 Å². The van der Waals surface area contributed by atoms with Crippen molar-refractivity contribution in [2.45, 2.75) is 38.3 Å². The fraction of sp³-hybridized carbons (Fsp3) is 0.226. The Morgan fingerprint density at radius 2 is 1.93 bits per heavy atom. The van der Waals surface area contributed by atoms with Gasteiger partial charge in [-0.2, -0.15) is 13.9 Å². The van der Waals surface area contributed by atoms with Crippen molar-refractivity contribution in [1.82, 2.24) is 29.7 Å². The minimum Gasteiger partial charge on any atom is -0.414 e. The number of benzene rings is 1. The number of hydrogen-bond acceptors (Lipinski definition) is 8. The minimum atomic E-state index is -4.23. The normalized spacial score (nSPS) is 17.2. The standard InChI is InChI=1S/C31H22ClF3N8O3/c1-15(21-6-5-19(33)12-37-21)43-29-20(13-40-43)26(27(28(36)44)22(41-29)8-16-2-3-16)17-4-7-23-24(9-17)46-31(34,35)30(45)42(23)14-25-38-10-18(32)11-39-25/h4-7,9-16H,2-3,8H2,1H3,(H-,36,44)/p+1. The summed E-state index contributed by atoms with van der Waals surface area (Å²) in [5, 5.41) is 5.18. The molecule has 1 fully saturated rings. The maximum atomic E-state index is 15.0. The number of amides is 2. The molecule has 1 unspecified atom stereocenters. The molecule has 46 heavy (non-hydrogen) atoms. The van der Waals surface area contributed by atoms with Crippen LogP contribution in [-0.2, 0) is 11.2 Å². The van der Waals surface area contributed by atoms with Crippen molar-refractivity contribution in [3.8, 4) is 16.9 Å². The van der Waals surface area contributed by atoms with E-state index in [0.29, 0.717) is 50.5 Å². The number of halogens is 4. The van der Waals surface area contributed by atoms with Gasteiger partial charge in [0.05, 0.1) is 40.4 Å². The van der Waals surface area contributed by atoms with E-state index in [1.54, 1.807) is 10.7 Å². The van der Waals surface area contributed by atoms with E-state index >= 15 is 0 Å². The molecule has 232 valence electrons. The predicted octanol–water partition coefficient (Wildman–Crippen LogP) is 5.01. The summed E-state index contributed by atoms with van der Waals surface area (Å²) >= 11 is 5.84. The van der Waals surface area contributed by atoms with Gasteiger partial charge in [-0.05, 0) is 61.9 Å². The van der Waals surface area contributed by atoms with Gasteiger partial charge in [0.15, 0.2) is 11.4 Å². The molecule has 1 aliphatic heterocycles. The number of nitrogens with two attached hydrogens (primary N) is 1. The topological polar surface area (TPSA) is 142 Å². The molecule has 2 N–H and O–H groups in total. The summed E-state index contributed by atoms with van der Waals surface area (Å²) in [5.41, 5.74) is 8.04. The lowest BCUT2D eigenvalue weighted by atomic mass is 9.93. The predicted molar refractivity (Wildman–Crippen MR) is 159 cm³/mol. The summed E-state index contributed by atoms with van der Waals surface area (Å²) in [6.07, 6.45) is 4.34. The summed E-state index contributed by atoms with van der Waals surface area (Å²) in [7, 11) is 0. The van der Waals surface area contributed by atoms with Gasteiger partial charge in [0.25, 0.3) is 11.6 Å². The number of ether oxygens (including phenoxy) is 1. The van der Waals surface area contributed by atoms with Gasteiger partial charge in [0.2, 0.25) is 12.0 Å². The van der Waals surface area contributed by atoms with Crippen LogP contribution in [0.25, 0.3) is 22.2 Å². The van der Waals surface area contributed by atoms with Crippen molar-refractivity contribution >= 4 is 46.4 Å². The summed E-state index contributed by atoms with van der Waals surface area (Å²) < 4.78 is 50.7. The first-order chi connectivity index (χ1) is 22.0. The van der Waals surface area contributed by atoms with Crippen LogP contribution in [0.3, 0.4) is 0 Å². The van der Waals surface area contributed by atoms with E-state index in [4.69, 9.17) is 27.1 Å². The molecule has 5 aromatic rings.